The molecule has 0 amide bonds. The number of sulfonamides is 1. The van der Waals surface area contributed by atoms with Gasteiger partial charge >= 0.3 is 5.97 Å². The molecule has 0 aliphatic carbocycles. The SMILES string of the molecule is O=C(COC(=O)c1cccc(S(=O)(=O)N2CCc3ccccc3C2)c1)c1cccc([N+](=O)[O-])c1. The second-order valence-corrected chi connectivity index (χ2v) is 9.63. The van der Waals surface area contributed by atoms with E-state index in [1.54, 1.807) is 0 Å². The van der Waals surface area contributed by atoms with Crippen molar-refractivity contribution in [2.75, 3.05) is 13.2 Å². The smallest absolute Gasteiger partial charge is 0.338 e. The fraction of sp³-hybridized carbons (Fsp3) is 0.167. The minimum Gasteiger partial charge on any atom is -0.454 e. The average molecular weight is 480 g/mol. The van der Waals surface area contributed by atoms with Crippen LogP contribution in [0.2, 0.25) is 0 Å². The van der Waals surface area contributed by atoms with Crippen LogP contribution in [0, 0.1) is 10.1 Å². The Hall–Kier alpha value is -3.89. The van der Waals surface area contributed by atoms with E-state index in [-0.39, 0.29) is 28.3 Å². The molecule has 3 aromatic rings. The van der Waals surface area contributed by atoms with Crippen LogP contribution in [0.4, 0.5) is 5.69 Å². The highest BCUT2D eigenvalue weighted by Crippen LogP contribution is 2.25. The van der Waals surface area contributed by atoms with E-state index < -0.39 is 33.3 Å². The number of non-ortho nitro benzene ring substituents is 1. The Labute approximate surface area is 195 Å². The van der Waals surface area contributed by atoms with Gasteiger partial charge in [-0.25, -0.2) is 13.2 Å². The maximum absolute atomic E-state index is 13.2. The van der Waals surface area contributed by atoms with Gasteiger partial charge in [-0.1, -0.05) is 42.5 Å². The Kier molecular flexibility index (Phi) is 6.53. The van der Waals surface area contributed by atoms with E-state index in [1.807, 2.05) is 24.3 Å². The fourth-order valence-corrected chi connectivity index (χ4v) is 5.16. The summed E-state index contributed by atoms with van der Waals surface area (Å²) in [7, 11) is -3.85. The normalized spacial score (nSPS) is 13.6. The van der Waals surface area contributed by atoms with Gasteiger partial charge in [-0.15, -0.1) is 0 Å². The van der Waals surface area contributed by atoms with Gasteiger partial charge in [0.15, 0.2) is 6.61 Å². The molecule has 174 valence electrons. The van der Waals surface area contributed by atoms with Crippen LogP contribution in [0.15, 0.2) is 77.7 Å². The summed E-state index contributed by atoms with van der Waals surface area (Å²) < 4.78 is 32.8. The first-order valence-electron chi connectivity index (χ1n) is 10.4. The number of nitro groups is 1. The van der Waals surface area contributed by atoms with Crippen LogP contribution in [0.1, 0.15) is 31.8 Å². The number of hydrogen-bond acceptors (Lipinski definition) is 7. The Bertz CT molecular complexity index is 1390. The lowest BCUT2D eigenvalue weighted by Crippen LogP contribution is -2.36. The number of carbonyl (C=O) groups is 2. The Balaban J connectivity index is 1.46. The summed E-state index contributed by atoms with van der Waals surface area (Å²) in [5.41, 5.74) is 1.80. The number of esters is 1. The second-order valence-electron chi connectivity index (χ2n) is 7.69. The third kappa shape index (κ3) is 4.87. The minimum atomic E-state index is -3.85. The lowest BCUT2D eigenvalue weighted by Gasteiger charge is -2.28. The van der Waals surface area contributed by atoms with Crippen molar-refractivity contribution in [3.05, 3.63) is 105 Å². The van der Waals surface area contributed by atoms with E-state index in [2.05, 4.69) is 0 Å². The monoisotopic (exact) mass is 480 g/mol. The van der Waals surface area contributed by atoms with Gasteiger partial charge in [-0.2, -0.15) is 4.31 Å². The predicted octanol–water partition coefficient (Wildman–Crippen LogP) is 3.38. The van der Waals surface area contributed by atoms with E-state index in [0.717, 1.165) is 17.2 Å². The molecule has 0 radical (unpaired) electrons. The van der Waals surface area contributed by atoms with Crippen molar-refractivity contribution in [2.24, 2.45) is 0 Å². The number of rotatable bonds is 7. The highest BCUT2D eigenvalue weighted by Gasteiger charge is 2.29. The summed E-state index contributed by atoms with van der Waals surface area (Å²) in [6.45, 7) is -0.0729. The molecule has 34 heavy (non-hydrogen) atoms. The van der Waals surface area contributed by atoms with Crippen molar-refractivity contribution in [3.63, 3.8) is 0 Å². The number of nitrogens with zero attached hydrogens (tertiary/aromatic N) is 2. The Morgan fingerprint density at radius 1 is 0.941 bits per heavy atom. The first-order chi connectivity index (χ1) is 16.3. The molecule has 0 atom stereocenters. The third-order valence-electron chi connectivity index (χ3n) is 5.52. The molecule has 0 saturated heterocycles. The van der Waals surface area contributed by atoms with Crippen molar-refractivity contribution < 1.29 is 27.7 Å². The molecule has 1 aliphatic heterocycles. The molecule has 0 saturated carbocycles. The number of Topliss-reactive ketones (excluding diaryl/α,β-unsaturated/α-hetero) is 1. The Morgan fingerprint density at radius 2 is 1.65 bits per heavy atom. The number of ether oxygens (including phenoxy) is 1. The summed E-state index contributed by atoms with van der Waals surface area (Å²) in [6.07, 6.45) is 0.594. The van der Waals surface area contributed by atoms with E-state index in [0.29, 0.717) is 13.0 Å². The lowest BCUT2D eigenvalue weighted by atomic mass is 10.0. The largest absolute Gasteiger partial charge is 0.454 e. The van der Waals surface area contributed by atoms with Crippen LogP contribution in [-0.4, -0.2) is 42.6 Å². The highest BCUT2D eigenvalue weighted by molar-refractivity contribution is 7.89. The standard InChI is InChI=1S/C24H20N2O7S/c27-23(18-7-3-9-21(13-18)26(29)30)16-33-24(28)19-8-4-10-22(14-19)34(31,32)25-12-11-17-5-1-2-6-20(17)15-25/h1-10,13-14H,11-12,15-16H2. The van der Waals surface area contributed by atoms with Crippen LogP contribution < -0.4 is 0 Å². The quantitative estimate of drug-likeness (QED) is 0.220. The zero-order valence-electron chi connectivity index (χ0n) is 17.9. The molecule has 1 aliphatic rings. The molecule has 4 rings (SSSR count). The van der Waals surface area contributed by atoms with Gasteiger partial charge in [0, 0.05) is 30.8 Å². The first kappa shape index (κ1) is 23.3. The van der Waals surface area contributed by atoms with Crippen LogP contribution in [-0.2, 0) is 27.7 Å². The molecular formula is C24H20N2O7S. The Morgan fingerprint density at radius 3 is 2.41 bits per heavy atom. The predicted molar refractivity (Wildman–Crippen MR) is 122 cm³/mol. The van der Waals surface area contributed by atoms with Crippen LogP contribution in [0.3, 0.4) is 0 Å². The van der Waals surface area contributed by atoms with Crippen molar-refractivity contribution in [1.29, 1.82) is 0 Å². The van der Waals surface area contributed by atoms with Gasteiger partial charge in [0.1, 0.15) is 0 Å². The lowest BCUT2D eigenvalue weighted by molar-refractivity contribution is -0.384. The zero-order valence-corrected chi connectivity index (χ0v) is 18.7. The first-order valence-corrected chi connectivity index (χ1v) is 11.8. The summed E-state index contributed by atoms with van der Waals surface area (Å²) in [4.78, 5) is 35.0. The third-order valence-corrected chi connectivity index (χ3v) is 7.36. The highest BCUT2D eigenvalue weighted by atomic mass is 32.2. The molecular weight excluding hydrogens is 460 g/mol. The van der Waals surface area contributed by atoms with Crippen LogP contribution in [0.5, 0.6) is 0 Å². The number of carbonyl (C=O) groups excluding carboxylic acids is 2. The molecule has 3 aromatic carbocycles. The van der Waals surface area contributed by atoms with Crippen molar-refractivity contribution in [1.82, 2.24) is 4.31 Å². The summed E-state index contributed by atoms with van der Waals surface area (Å²) >= 11 is 0. The number of benzene rings is 3. The summed E-state index contributed by atoms with van der Waals surface area (Å²) in [5.74, 6) is -1.49. The van der Waals surface area contributed by atoms with Crippen molar-refractivity contribution >= 4 is 27.5 Å². The minimum absolute atomic E-state index is 0.0228. The summed E-state index contributed by atoms with van der Waals surface area (Å²) in [5, 5.41) is 10.9. The molecule has 10 heteroatoms. The number of fused-ring (bicyclic) bond motifs is 1. The molecule has 0 unspecified atom stereocenters. The van der Waals surface area contributed by atoms with Gasteiger partial charge in [-0.3, -0.25) is 14.9 Å². The van der Waals surface area contributed by atoms with Crippen molar-refractivity contribution in [2.45, 2.75) is 17.9 Å². The molecule has 0 fully saturated rings. The van der Waals surface area contributed by atoms with Gasteiger partial charge in [0.25, 0.3) is 5.69 Å². The molecule has 0 aromatic heterocycles. The number of hydrogen-bond donors (Lipinski definition) is 0. The van der Waals surface area contributed by atoms with E-state index in [9.17, 15) is 28.1 Å². The van der Waals surface area contributed by atoms with E-state index in [4.69, 9.17) is 4.74 Å². The molecule has 0 bridgehead atoms. The fourth-order valence-electron chi connectivity index (χ4n) is 3.70. The maximum Gasteiger partial charge on any atom is 0.338 e. The van der Waals surface area contributed by atoms with Crippen molar-refractivity contribution in [3.8, 4) is 0 Å². The summed E-state index contributed by atoms with van der Waals surface area (Å²) in [6, 6.07) is 18.2. The van der Waals surface area contributed by atoms with Gasteiger partial charge in [0.2, 0.25) is 15.8 Å². The van der Waals surface area contributed by atoms with Gasteiger partial charge < -0.3 is 4.74 Å². The topological polar surface area (TPSA) is 124 Å². The molecule has 0 N–H and O–H groups in total. The molecule has 0 spiro atoms. The molecule has 1 heterocycles. The van der Waals surface area contributed by atoms with Gasteiger partial charge in [0.05, 0.1) is 15.4 Å². The van der Waals surface area contributed by atoms with Gasteiger partial charge in [-0.05, 0) is 35.7 Å². The van der Waals surface area contributed by atoms with E-state index in [1.165, 1.54) is 46.8 Å². The second kappa shape index (κ2) is 9.54. The van der Waals surface area contributed by atoms with E-state index >= 15 is 0 Å². The number of nitro benzene ring substituents is 1. The average Bonchev–Trinajstić information content (AvgIpc) is 2.86. The maximum atomic E-state index is 13.2. The van der Waals surface area contributed by atoms with Crippen LogP contribution >= 0.6 is 0 Å². The zero-order chi connectivity index (χ0) is 24.3. The molecule has 9 nitrogen and oxygen atoms in total. The number of ketones is 1. The van der Waals surface area contributed by atoms with Crippen LogP contribution in [0.25, 0.3) is 0 Å².